The van der Waals surface area contributed by atoms with Crippen molar-refractivity contribution in [3.05, 3.63) is 35.5 Å². The molecule has 0 spiro atoms. The second-order valence-electron chi connectivity index (χ2n) is 3.59. The van der Waals surface area contributed by atoms with Gasteiger partial charge in [-0.05, 0) is 43.0 Å². The van der Waals surface area contributed by atoms with Crippen LogP contribution < -0.4 is 5.73 Å². The molecule has 2 aromatic rings. The van der Waals surface area contributed by atoms with Crippen LogP contribution in [0.5, 0.6) is 0 Å². The summed E-state index contributed by atoms with van der Waals surface area (Å²) in [5.74, 6) is 0. The highest BCUT2D eigenvalue weighted by Crippen LogP contribution is 2.19. The first-order chi connectivity index (χ1) is 6.16. The lowest BCUT2D eigenvalue weighted by molar-refractivity contribution is 0.820. The van der Waals surface area contributed by atoms with Crippen molar-refractivity contribution in [2.75, 3.05) is 0 Å². The minimum atomic E-state index is 0.111. The van der Waals surface area contributed by atoms with Crippen molar-refractivity contribution in [2.24, 2.45) is 5.73 Å². The minimum absolute atomic E-state index is 0.111. The molecule has 0 saturated carbocycles. The number of nitrogens with two attached hydrogens (primary N) is 1. The summed E-state index contributed by atoms with van der Waals surface area (Å²) in [6.07, 6.45) is 0. The monoisotopic (exact) mass is 174 g/mol. The molecule has 68 valence electrons. The van der Waals surface area contributed by atoms with Crippen molar-refractivity contribution >= 4 is 10.9 Å². The summed E-state index contributed by atoms with van der Waals surface area (Å²) in [5, 5.41) is 1.24. The number of hydrogen-bond acceptors (Lipinski definition) is 1. The summed E-state index contributed by atoms with van der Waals surface area (Å²) in [7, 11) is 0. The lowest BCUT2D eigenvalue weighted by Gasteiger charge is -2.04. The molecule has 0 aliphatic heterocycles. The Kier molecular flexibility index (Phi) is 1.85. The fraction of sp³-hybridized carbons (Fsp3) is 0.273. The van der Waals surface area contributed by atoms with Gasteiger partial charge in [0.25, 0.3) is 0 Å². The third kappa shape index (κ3) is 1.45. The summed E-state index contributed by atoms with van der Waals surface area (Å²) >= 11 is 0. The lowest BCUT2D eigenvalue weighted by Crippen LogP contribution is -2.04. The largest absolute Gasteiger partial charge is 0.359 e. The minimum Gasteiger partial charge on any atom is -0.359 e. The summed E-state index contributed by atoms with van der Waals surface area (Å²) in [4.78, 5) is 3.28. The molecule has 1 heterocycles. The maximum atomic E-state index is 5.80. The Balaban J connectivity index is 2.61. The molecule has 13 heavy (non-hydrogen) atoms. The second kappa shape index (κ2) is 2.89. The lowest BCUT2D eigenvalue weighted by atomic mass is 10.1. The van der Waals surface area contributed by atoms with E-state index in [2.05, 4.69) is 36.2 Å². The van der Waals surface area contributed by atoms with Crippen molar-refractivity contribution < 1.29 is 0 Å². The first-order valence-electron chi connectivity index (χ1n) is 4.51. The molecular weight excluding hydrogens is 160 g/mol. The fourth-order valence-corrected chi connectivity index (χ4v) is 1.58. The maximum absolute atomic E-state index is 5.80. The van der Waals surface area contributed by atoms with Crippen LogP contribution in [0.15, 0.2) is 24.3 Å². The van der Waals surface area contributed by atoms with E-state index in [1.165, 1.54) is 22.2 Å². The summed E-state index contributed by atoms with van der Waals surface area (Å²) < 4.78 is 0. The standard InChI is InChI=1S/C11H14N2/c1-7-5-10-6-9(8(2)12)3-4-11(10)13-7/h3-6,8,13H,12H2,1-2H3. The molecule has 1 aromatic carbocycles. The van der Waals surface area contributed by atoms with Gasteiger partial charge in [0.2, 0.25) is 0 Å². The molecular formula is C11H14N2. The second-order valence-corrected chi connectivity index (χ2v) is 3.59. The average molecular weight is 174 g/mol. The Morgan fingerprint density at radius 1 is 1.31 bits per heavy atom. The van der Waals surface area contributed by atoms with Gasteiger partial charge in [-0.1, -0.05) is 6.07 Å². The number of fused-ring (bicyclic) bond motifs is 1. The van der Waals surface area contributed by atoms with Gasteiger partial charge in [0, 0.05) is 17.3 Å². The predicted octanol–water partition coefficient (Wildman–Crippen LogP) is 2.50. The van der Waals surface area contributed by atoms with Gasteiger partial charge in [0.1, 0.15) is 0 Å². The molecule has 0 saturated heterocycles. The van der Waals surface area contributed by atoms with Gasteiger partial charge in [-0.25, -0.2) is 0 Å². The van der Waals surface area contributed by atoms with Gasteiger partial charge in [0.05, 0.1) is 0 Å². The van der Waals surface area contributed by atoms with Gasteiger partial charge in [-0.2, -0.15) is 0 Å². The zero-order valence-corrected chi connectivity index (χ0v) is 7.96. The Morgan fingerprint density at radius 3 is 2.77 bits per heavy atom. The number of aryl methyl sites for hydroxylation is 1. The zero-order chi connectivity index (χ0) is 9.42. The average Bonchev–Trinajstić information content (AvgIpc) is 2.42. The van der Waals surface area contributed by atoms with Crippen molar-refractivity contribution in [3.63, 3.8) is 0 Å². The quantitative estimate of drug-likeness (QED) is 0.685. The van der Waals surface area contributed by atoms with Gasteiger partial charge < -0.3 is 10.7 Å². The molecule has 0 aliphatic rings. The Morgan fingerprint density at radius 2 is 2.08 bits per heavy atom. The molecule has 1 unspecified atom stereocenters. The van der Waals surface area contributed by atoms with Crippen LogP contribution >= 0.6 is 0 Å². The SMILES string of the molecule is Cc1cc2cc(C(C)N)ccc2[nH]1. The van der Waals surface area contributed by atoms with Gasteiger partial charge in [-0.3, -0.25) is 0 Å². The van der Waals surface area contributed by atoms with E-state index in [9.17, 15) is 0 Å². The number of hydrogen-bond donors (Lipinski definition) is 2. The number of nitrogens with one attached hydrogen (secondary N) is 1. The Bertz CT molecular complexity index is 427. The molecule has 2 rings (SSSR count). The highest BCUT2D eigenvalue weighted by atomic mass is 14.7. The summed E-state index contributed by atoms with van der Waals surface area (Å²) in [6, 6.07) is 8.55. The van der Waals surface area contributed by atoms with Crippen LogP contribution in [0.1, 0.15) is 24.2 Å². The summed E-state index contributed by atoms with van der Waals surface area (Å²) in [6.45, 7) is 4.06. The fourth-order valence-electron chi connectivity index (χ4n) is 1.58. The third-order valence-electron chi connectivity index (χ3n) is 2.31. The van der Waals surface area contributed by atoms with Crippen LogP contribution in [0.25, 0.3) is 10.9 Å². The highest BCUT2D eigenvalue weighted by molar-refractivity contribution is 5.81. The predicted molar refractivity (Wildman–Crippen MR) is 55.6 cm³/mol. The highest BCUT2D eigenvalue weighted by Gasteiger charge is 2.01. The van der Waals surface area contributed by atoms with Crippen molar-refractivity contribution in [3.8, 4) is 0 Å². The molecule has 2 heteroatoms. The van der Waals surface area contributed by atoms with Crippen LogP contribution in [-0.4, -0.2) is 4.98 Å². The number of aromatic amines is 1. The normalized spacial score (nSPS) is 13.5. The van der Waals surface area contributed by atoms with Crippen LogP contribution in [-0.2, 0) is 0 Å². The van der Waals surface area contributed by atoms with Gasteiger partial charge in [-0.15, -0.1) is 0 Å². The van der Waals surface area contributed by atoms with Crippen molar-refractivity contribution in [1.29, 1.82) is 0 Å². The molecule has 0 aliphatic carbocycles. The maximum Gasteiger partial charge on any atom is 0.0456 e. The number of rotatable bonds is 1. The van der Waals surface area contributed by atoms with Gasteiger partial charge in [0.15, 0.2) is 0 Å². The smallest absolute Gasteiger partial charge is 0.0456 e. The van der Waals surface area contributed by atoms with E-state index in [4.69, 9.17) is 5.73 Å². The first kappa shape index (κ1) is 8.32. The van der Waals surface area contributed by atoms with E-state index in [0.717, 1.165) is 0 Å². The van der Waals surface area contributed by atoms with Gasteiger partial charge >= 0.3 is 0 Å². The topological polar surface area (TPSA) is 41.8 Å². The van der Waals surface area contributed by atoms with E-state index < -0.39 is 0 Å². The molecule has 0 bridgehead atoms. The van der Waals surface area contributed by atoms with E-state index in [1.807, 2.05) is 6.92 Å². The van der Waals surface area contributed by atoms with Crippen LogP contribution in [0.3, 0.4) is 0 Å². The van der Waals surface area contributed by atoms with E-state index in [-0.39, 0.29) is 6.04 Å². The molecule has 3 N–H and O–H groups in total. The number of benzene rings is 1. The molecule has 1 aromatic heterocycles. The number of H-pyrrole nitrogens is 1. The third-order valence-corrected chi connectivity index (χ3v) is 2.31. The van der Waals surface area contributed by atoms with E-state index >= 15 is 0 Å². The number of aromatic nitrogens is 1. The van der Waals surface area contributed by atoms with Crippen LogP contribution in [0, 0.1) is 6.92 Å². The molecule has 0 amide bonds. The van der Waals surface area contributed by atoms with E-state index in [1.54, 1.807) is 0 Å². The Labute approximate surface area is 77.8 Å². The van der Waals surface area contributed by atoms with Crippen LogP contribution in [0.4, 0.5) is 0 Å². The molecule has 0 radical (unpaired) electrons. The van der Waals surface area contributed by atoms with Crippen molar-refractivity contribution in [2.45, 2.75) is 19.9 Å². The first-order valence-corrected chi connectivity index (χ1v) is 4.51. The Hall–Kier alpha value is -1.28. The van der Waals surface area contributed by atoms with E-state index in [0.29, 0.717) is 0 Å². The molecule has 0 fully saturated rings. The van der Waals surface area contributed by atoms with Crippen LogP contribution in [0.2, 0.25) is 0 Å². The molecule has 2 nitrogen and oxygen atoms in total. The summed E-state index contributed by atoms with van der Waals surface area (Å²) in [5.41, 5.74) is 9.36. The van der Waals surface area contributed by atoms with Crippen molar-refractivity contribution in [1.82, 2.24) is 4.98 Å². The molecule has 1 atom stereocenters. The zero-order valence-electron chi connectivity index (χ0n) is 7.96.